The summed E-state index contributed by atoms with van der Waals surface area (Å²) < 4.78 is 1.98. The molecular weight excluding hydrogens is 282 g/mol. The predicted octanol–water partition coefficient (Wildman–Crippen LogP) is 3.71. The fourth-order valence-electron chi connectivity index (χ4n) is 2.63. The zero-order valence-corrected chi connectivity index (χ0v) is 13.8. The van der Waals surface area contributed by atoms with Crippen molar-refractivity contribution in [3.8, 4) is 0 Å². The first kappa shape index (κ1) is 16.1. The lowest BCUT2D eigenvalue weighted by Gasteiger charge is -2.18. The van der Waals surface area contributed by atoms with Crippen molar-refractivity contribution < 1.29 is 0 Å². The molecule has 0 spiro atoms. The highest BCUT2D eigenvalue weighted by atomic mass is 35.5. The van der Waals surface area contributed by atoms with Crippen molar-refractivity contribution in [2.45, 2.75) is 32.6 Å². The van der Waals surface area contributed by atoms with Gasteiger partial charge in [0.15, 0.2) is 0 Å². The minimum Gasteiger partial charge on any atom is -0.316 e. The number of nitrogens with zero attached hydrogens (tertiary/aromatic N) is 2. The molecule has 0 aliphatic carbocycles. The molecule has 0 aliphatic heterocycles. The van der Waals surface area contributed by atoms with Crippen molar-refractivity contribution in [1.29, 1.82) is 0 Å². The Morgan fingerprint density at radius 3 is 2.76 bits per heavy atom. The van der Waals surface area contributed by atoms with Crippen LogP contribution in [0.3, 0.4) is 0 Å². The molecule has 2 aromatic rings. The maximum Gasteiger partial charge on any atom is 0.0596 e. The van der Waals surface area contributed by atoms with Gasteiger partial charge in [0.25, 0.3) is 0 Å². The third kappa shape index (κ3) is 4.58. The van der Waals surface area contributed by atoms with Gasteiger partial charge < -0.3 is 5.32 Å². The number of halogens is 1. The second-order valence-electron chi connectivity index (χ2n) is 5.56. The molecule has 0 saturated carbocycles. The Balaban J connectivity index is 2.17. The topological polar surface area (TPSA) is 29.9 Å². The van der Waals surface area contributed by atoms with Gasteiger partial charge in [-0.25, -0.2) is 0 Å². The lowest BCUT2D eigenvalue weighted by atomic mass is 9.94. The molecule has 114 valence electrons. The summed E-state index contributed by atoms with van der Waals surface area (Å²) >= 11 is 6.15. The van der Waals surface area contributed by atoms with Crippen LogP contribution < -0.4 is 5.32 Å². The molecule has 0 amide bonds. The molecule has 1 atom stereocenters. The Kier molecular flexibility index (Phi) is 5.83. The molecule has 1 heterocycles. The molecule has 1 aromatic heterocycles. The number of aromatic nitrogens is 2. The van der Waals surface area contributed by atoms with Crippen molar-refractivity contribution in [3.05, 3.63) is 52.3 Å². The van der Waals surface area contributed by atoms with E-state index in [1.165, 1.54) is 11.3 Å². The van der Waals surface area contributed by atoms with Gasteiger partial charge in [-0.1, -0.05) is 30.7 Å². The molecule has 3 nitrogen and oxygen atoms in total. The average Bonchev–Trinajstić information content (AvgIpc) is 2.76. The first-order chi connectivity index (χ1) is 10.1. The van der Waals surface area contributed by atoms with Crippen LogP contribution in [0.1, 0.15) is 36.2 Å². The van der Waals surface area contributed by atoms with Gasteiger partial charge >= 0.3 is 0 Å². The molecule has 0 aliphatic rings. The van der Waals surface area contributed by atoms with Crippen LogP contribution in [0.5, 0.6) is 0 Å². The summed E-state index contributed by atoms with van der Waals surface area (Å²) in [4.78, 5) is 0. The van der Waals surface area contributed by atoms with Crippen LogP contribution in [0.2, 0.25) is 5.02 Å². The highest BCUT2D eigenvalue weighted by Crippen LogP contribution is 2.23. The Morgan fingerprint density at radius 1 is 1.33 bits per heavy atom. The van der Waals surface area contributed by atoms with E-state index in [-0.39, 0.29) is 0 Å². The van der Waals surface area contributed by atoms with E-state index < -0.39 is 0 Å². The van der Waals surface area contributed by atoms with Crippen molar-refractivity contribution >= 4 is 11.6 Å². The highest BCUT2D eigenvalue weighted by Gasteiger charge is 2.15. The number of nitrogens with one attached hydrogen (secondary N) is 1. The molecule has 0 fully saturated rings. The predicted molar refractivity (Wildman–Crippen MR) is 89.0 cm³/mol. The first-order valence-electron chi connectivity index (χ1n) is 7.56. The second-order valence-corrected chi connectivity index (χ2v) is 6.00. The third-order valence-electron chi connectivity index (χ3n) is 3.69. The standard InChI is InChI=1S/C17H24ClN3/c1-4-8-19-12-15(14-6-5-7-16(18)10-14)11-17-9-13(2)20-21(17)3/h5-7,9-10,15,19H,4,8,11-12H2,1-3H3. The summed E-state index contributed by atoms with van der Waals surface area (Å²) in [5.74, 6) is 0.407. The molecule has 1 aromatic carbocycles. The highest BCUT2D eigenvalue weighted by molar-refractivity contribution is 6.30. The lowest BCUT2D eigenvalue weighted by molar-refractivity contribution is 0.557. The summed E-state index contributed by atoms with van der Waals surface area (Å²) in [6, 6.07) is 10.3. The van der Waals surface area contributed by atoms with Crippen LogP contribution in [-0.4, -0.2) is 22.9 Å². The second kappa shape index (κ2) is 7.62. The van der Waals surface area contributed by atoms with E-state index in [0.717, 1.165) is 36.6 Å². The maximum absolute atomic E-state index is 6.15. The number of rotatable bonds is 7. The monoisotopic (exact) mass is 305 g/mol. The van der Waals surface area contributed by atoms with Crippen molar-refractivity contribution in [1.82, 2.24) is 15.1 Å². The summed E-state index contributed by atoms with van der Waals surface area (Å²) in [5.41, 5.74) is 3.61. The molecule has 4 heteroatoms. The summed E-state index contributed by atoms with van der Waals surface area (Å²) in [5, 5.41) is 8.77. The van der Waals surface area contributed by atoms with Crippen molar-refractivity contribution in [3.63, 3.8) is 0 Å². The van der Waals surface area contributed by atoms with E-state index in [4.69, 9.17) is 11.6 Å². The van der Waals surface area contributed by atoms with Crippen molar-refractivity contribution in [2.24, 2.45) is 7.05 Å². The third-order valence-corrected chi connectivity index (χ3v) is 3.93. The van der Waals surface area contributed by atoms with Gasteiger partial charge in [-0.15, -0.1) is 0 Å². The summed E-state index contributed by atoms with van der Waals surface area (Å²) in [6.07, 6.45) is 2.11. The lowest BCUT2D eigenvalue weighted by Crippen LogP contribution is -2.24. The Bertz CT molecular complexity index is 577. The number of benzene rings is 1. The molecule has 0 radical (unpaired) electrons. The van der Waals surface area contributed by atoms with Gasteiger partial charge in [0.2, 0.25) is 0 Å². The zero-order valence-electron chi connectivity index (χ0n) is 13.1. The van der Waals surface area contributed by atoms with E-state index in [1.54, 1.807) is 0 Å². The quantitative estimate of drug-likeness (QED) is 0.790. The average molecular weight is 306 g/mol. The van der Waals surface area contributed by atoms with Gasteiger partial charge in [0.1, 0.15) is 0 Å². The first-order valence-corrected chi connectivity index (χ1v) is 7.93. The van der Waals surface area contributed by atoms with Gasteiger partial charge in [0.05, 0.1) is 5.69 Å². The van der Waals surface area contributed by atoms with Crippen LogP contribution >= 0.6 is 11.6 Å². The van der Waals surface area contributed by atoms with E-state index in [0.29, 0.717) is 5.92 Å². The SMILES string of the molecule is CCCNCC(Cc1cc(C)nn1C)c1cccc(Cl)c1. The molecule has 2 rings (SSSR count). The fourth-order valence-corrected chi connectivity index (χ4v) is 2.83. The van der Waals surface area contributed by atoms with Crippen LogP contribution in [0, 0.1) is 6.92 Å². The van der Waals surface area contributed by atoms with Gasteiger partial charge in [-0.05, 0) is 50.1 Å². The fraction of sp³-hybridized carbons (Fsp3) is 0.471. The van der Waals surface area contributed by atoms with E-state index >= 15 is 0 Å². The number of aryl methyl sites for hydroxylation is 2. The zero-order chi connectivity index (χ0) is 15.2. The number of hydrogen-bond donors (Lipinski definition) is 1. The molecule has 0 saturated heterocycles. The van der Waals surface area contributed by atoms with Gasteiger partial charge in [-0.3, -0.25) is 4.68 Å². The molecule has 0 bridgehead atoms. The van der Waals surface area contributed by atoms with E-state index in [9.17, 15) is 0 Å². The molecular formula is C17H24ClN3. The summed E-state index contributed by atoms with van der Waals surface area (Å²) in [6.45, 7) is 6.22. The van der Waals surface area contributed by atoms with Gasteiger partial charge in [0, 0.05) is 30.2 Å². The largest absolute Gasteiger partial charge is 0.316 e. The van der Waals surface area contributed by atoms with Crippen LogP contribution in [0.4, 0.5) is 0 Å². The van der Waals surface area contributed by atoms with Crippen LogP contribution in [0.25, 0.3) is 0 Å². The number of hydrogen-bond acceptors (Lipinski definition) is 2. The minimum absolute atomic E-state index is 0.407. The van der Waals surface area contributed by atoms with E-state index in [1.807, 2.05) is 30.8 Å². The normalized spacial score (nSPS) is 12.6. The Morgan fingerprint density at radius 2 is 2.14 bits per heavy atom. The van der Waals surface area contributed by atoms with Crippen molar-refractivity contribution in [2.75, 3.05) is 13.1 Å². The maximum atomic E-state index is 6.15. The van der Waals surface area contributed by atoms with Crippen LogP contribution in [0.15, 0.2) is 30.3 Å². The summed E-state index contributed by atoms with van der Waals surface area (Å²) in [7, 11) is 2.01. The Labute approximate surface area is 132 Å². The van der Waals surface area contributed by atoms with Crippen LogP contribution in [-0.2, 0) is 13.5 Å². The molecule has 21 heavy (non-hydrogen) atoms. The smallest absolute Gasteiger partial charge is 0.0596 e. The molecule has 1 N–H and O–H groups in total. The Hall–Kier alpha value is -1.32. The van der Waals surface area contributed by atoms with Gasteiger partial charge in [-0.2, -0.15) is 5.10 Å². The minimum atomic E-state index is 0.407. The molecule has 1 unspecified atom stereocenters. The van der Waals surface area contributed by atoms with E-state index in [2.05, 4.69) is 35.5 Å².